The average molecular weight is 236 g/mol. The second-order valence-electron chi connectivity index (χ2n) is 4.95. The van der Waals surface area contributed by atoms with Gasteiger partial charge in [-0.2, -0.15) is 5.10 Å². The van der Waals surface area contributed by atoms with Crippen LogP contribution in [0, 0.1) is 6.92 Å². The second-order valence-corrected chi connectivity index (χ2v) is 4.95. The van der Waals surface area contributed by atoms with Gasteiger partial charge in [0, 0.05) is 19.6 Å². The predicted octanol–water partition coefficient (Wildman–Crippen LogP) is 2.56. The van der Waals surface area contributed by atoms with Crippen molar-refractivity contribution in [2.24, 2.45) is 0 Å². The summed E-state index contributed by atoms with van der Waals surface area (Å²) in [6.45, 7) is 7.39. The summed E-state index contributed by atoms with van der Waals surface area (Å²) in [7, 11) is 0. The van der Waals surface area contributed by atoms with E-state index in [9.17, 15) is 0 Å². The van der Waals surface area contributed by atoms with Crippen molar-refractivity contribution < 1.29 is 0 Å². The predicted molar refractivity (Wildman–Crippen MR) is 72.3 cm³/mol. The van der Waals surface area contributed by atoms with Crippen LogP contribution in [0.5, 0.6) is 0 Å². The van der Waals surface area contributed by atoms with Crippen molar-refractivity contribution in [3.63, 3.8) is 0 Å². The third kappa shape index (κ3) is 2.56. The molecular weight excluding hydrogens is 212 g/mol. The van der Waals surface area contributed by atoms with Crippen LogP contribution in [-0.2, 0) is 6.54 Å². The molecule has 0 spiro atoms. The number of aryl methyl sites for hydroxylation is 2. The minimum Gasteiger partial charge on any atom is -0.394 e. The smallest absolute Gasteiger partial charge is 0.150 e. The SMILES string of the molecule is CCCn1nc(C)c(N)c1N1CCCCCC1. The molecule has 2 N–H and O–H groups in total. The molecule has 2 rings (SSSR count). The number of hydrogen-bond donors (Lipinski definition) is 1. The molecule has 17 heavy (non-hydrogen) atoms. The quantitative estimate of drug-likeness (QED) is 0.877. The summed E-state index contributed by atoms with van der Waals surface area (Å²) in [5.41, 5.74) is 8.04. The fourth-order valence-electron chi connectivity index (χ4n) is 2.57. The highest BCUT2D eigenvalue weighted by atomic mass is 15.4. The van der Waals surface area contributed by atoms with Crippen molar-refractivity contribution in [1.29, 1.82) is 0 Å². The van der Waals surface area contributed by atoms with Crippen molar-refractivity contribution in [3.05, 3.63) is 5.69 Å². The van der Waals surface area contributed by atoms with Crippen LogP contribution in [0.2, 0.25) is 0 Å². The first kappa shape index (κ1) is 12.3. The highest BCUT2D eigenvalue weighted by Gasteiger charge is 2.19. The van der Waals surface area contributed by atoms with Crippen LogP contribution in [0.3, 0.4) is 0 Å². The van der Waals surface area contributed by atoms with Crippen molar-refractivity contribution in [2.75, 3.05) is 23.7 Å². The van der Waals surface area contributed by atoms with Gasteiger partial charge in [-0.05, 0) is 26.2 Å². The molecule has 2 heterocycles. The first-order chi connectivity index (χ1) is 8.24. The zero-order chi connectivity index (χ0) is 12.3. The summed E-state index contributed by atoms with van der Waals surface area (Å²) >= 11 is 0. The largest absolute Gasteiger partial charge is 0.394 e. The molecule has 0 amide bonds. The van der Waals surface area contributed by atoms with E-state index < -0.39 is 0 Å². The lowest BCUT2D eigenvalue weighted by molar-refractivity contribution is 0.584. The Bertz CT molecular complexity index is 362. The lowest BCUT2D eigenvalue weighted by atomic mass is 10.2. The van der Waals surface area contributed by atoms with Gasteiger partial charge < -0.3 is 10.6 Å². The molecule has 1 aliphatic heterocycles. The van der Waals surface area contributed by atoms with Gasteiger partial charge in [0.2, 0.25) is 0 Å². The van der Waals surface area contributed by atoms with Gasteiger partial charge in [0.1, 0.15) is 0 Å². The maximum atomic E-state index is 6.19. The Hall–Kier alpha value is -1.19. The molecule has 0 atom stereocenters. The van der Waals surface area contributed by atoms with Crippen molar-refractivity contribution in [1.82, 2.24) is 9.78 Å². The Morgan fingerprint density at radius 1 is 1.18 bits per heavy atom. The van der Waals surface area contributed by atoms with Crippen LogP contribution in [0.25, 0.3) is 0 Å². The van der Waals surface area contributed by atoms with Crippen LogP contribution in [0.1, 0.15) is 44.7 Å². The minimum atomic E-state index is 0.875. The number of nitrogen functional groups attached to an aromatic ring is 1. The Labute approximate surface area is 104 Å². The topological polar surface area (TPSA) is 47.1 Å². The third-order valence-electron chi connectivity index (χ3n) is 3.49. The summed E-state index contributed by atoms with van der Waals surface area (Å²) in [5.74, 6) is 1.16. The van der Waals surface area contributed by atoms with Gasteiger partial charge in [-0.15, -0.1) is 0 Å². The summed E-state index contributed by atoms with van der Waals surface area (Å²) in [4.78, 5) is 2.43. The van der Waals surface area contributed by atoms with Gasteiger partial charge in [0.05, 0.1) is 11.4 Å². The van der Waals surface area contributed by atoms with Crippen molar-refractivity contribution >= 4 is 11.5 Å². The highest BCUT2D eigenvalue weighted by Crippen LogP contribution is 2.28. The maximum Gasteiger partial charge on any atom is 0.150 e. The van der Waals surface area contributed by atoms with Crippen LogP contribution in [-0.4, -0.2) is 22.9 Å². The number of hydrogen-bond acceptors (Lipinski definition) is 3. The molecule has 4 heteroatoms. The Balaban J connectivity index is 2.27. The van der Waals surface area contributed by atoms with Crippen LogP contribution < -0.4 is 10.6 Å². The van der Waals surface area contributed by atoms with E-state index in [1.54, 1.807) is 0 Å². The van der Waals surface area contributed by atoms with E-state index >= 15 is 0 Å². The normalized spacial score (nSPS) is 17.2. The van der Waals surface area contributed by atoms with E-state index in [1.165, 1.54) is 25.7 Å². The molecule has 0 bridgehead atoms. The number of nitrogens with zero attached hydrogens (tertiary/aromatic N) is 3. The molecular formula is C13H24N4. The first-order valence-corrected chi connectivity index (χ1v) is 6.82. The van der Waals surface area contributed by atoms with E-state index in [2.05, 4.69) is 21.6 Å². The van der Waals surface area contributed by atoms with Crippen LogP contribution in [0.15, 0.2) is 0 Å². The number of nitrogens with two attached hydrogens (primary N) is 1. The summed E-state index contributed by atoms with van der Waals surface area (Å²) < 4.78 is 2.09. The summed E-state index contributed by atoms with van der Waals surface area (Å²) in [6, 6.07) is 0. The standard InChI is InChI=1S/C13H24N4/c1-3-8-17-13(12(14)11(2)15-17)16-9-6-4-5-7-10-16/h3-10,14H2,1-2H3. The van der Waals surface area contributed by atoms with Gasteiger partial charge in [0.15, 0.2) is 5.82 Å². The number of rotatable bonds is 3. The zero-order valence-corrected chi connectivity index (χ0v) is 11.1. The molecule has 0 unspecified atom stereocenters. The molecule has 1 aromatic rings. The van der Waals surface area contributed by atoms with Gasteiger partial charge in [-0.3, -0.25) is 0 Å². The third-order valence-corrected chi connectivity index (χ3v) is 3.49. The molecule has 0 saturated carbocycles. The van der Waals surface area contributed by atoms with Gasteiger partial charge >= 0.3 is 0 Å². The lowest BCUT2D eigenvalue weighted by Crippen LogP contribution is -2.27. The Morgan fingerprint density at radius 2 is 1.82 bits per heavy atom. The molecule has 1 aromatic heterocycles. The molecule has 1 saturated heterocycles. The van der Waals surface area contributed by atoms with Gasteiger partial charge in [-0.1, -0.05) is 19.8 Å². The molecule has 0 radical (unpaired) electrons. The van der Waals surface area contributed by atoms with Crippen LogP contribution >= 0.6 is 0 Å². The first-order valence-electron chi connectivity index (χ1n) is 6.82. The van der Waals surface area contributed by atoms with E-state index in [1.807, 2.05) is 6.92 Å². The minimum absolute atomic E-state index is 0.875. The maximum absolute atomic E-state index is 6.19. The Kier molecular flexibility index (Phi) is 3.92. The molecule has 4 nitrogen and oxygen atoms in total. The number of anilines is 2. The molecule has 1 fully saturated rings. The van der Waals surface area contributed by atoms with Gasteiger partial charge in [-0.25, -0.2) is 4.68 Å². The average Bonchev–Trinajstić information content (AvgIpc) is 2.53. The fourth-order valence-corrected chi connectivity index (χ4v) is 2.57. The van der Waals surface area contributed by atoms with E-state index in [0.29, 0.717) is 0 Å². The fraction of sp³-hybridized carbons (Fsp3) is 0.769. The summed E-state index contributed by atoms with van der Waals surface area (Å²) in [6.07, 6.45) is 6.33. The van der Waals surface area contributed by atoms with E-state index in [-0.39, 0.29) is 0 Å². The monoisotopic (exact) mass is 236 g/mol. The van der Waals surface area contributed by atoms with E-state index in [0.717, 1.165) is 43.3 Å². The summed E-state index contributed by atoms with van der Waals surface area (Å²) in [5, 5.41) is 4.56. The van der Waals surface area contributed by atoms with Crippen molar-refractivity contribution in [2.45, 2.75) is 52.5 Å². The number of aromatic nitrogens is 2. The second kappa shape index (κ2) is 5.43. The molecule has 1 aliphatic rings. The van der Waals surface area contributed by atoms with Crippen molar-refractivity contribution in [3.8, 4) is 0 Å². The highest BCUT2D eigenvalue weighted by molar-refractivity contribution is 5.66. The molecule has 0 aliphatic carbocycles. The molecule has 96 valence electrons. The molecule has 0 aromatic carbocycles. The Morgan fingerprint density at radius 3 is 2.41 bits per heavy atom. The lowest BCUT2D eigenvalue weighted by Gasteiger charge is -2.24. The van der Waals surface area contributed by atoms with E-state index in [4.69, 9.17) is 5.73 Å². The van der Waals surface area contributed by atoms with Crippen LogP contribution in [0.4, 0.5) is 11.5 Å². The van der Waals surface area contributed by atoms with Gasteiger partial charge in [0.25, 0.3) is 0 Å². The zero-order valence-electron chi connectivity index (χ0n) is 11.1.